The van der Waals surface area contributed by atoms with Gasteiger partial charge in [-0.15, -0.1) is 0 Å². The van der Waals surface area contributed by atoms with Crippen LogP contribution in [-0.4, -0.2) is 28.2 Å². The molecule has 0 unspecified atom stereocenters. The number of aliphatic carboxylic acids is 2. The maximum Gasteiger partial charge on any atom is 0.320 e. The Bertz CT molecular complexity index is 147. The van der Waals surface area contributed by atoms with Crippen molar-refractivity contribution in [2.24, 2.45) is 5.73 Å². The molecular weight excluding hydrogens is 152 g/mol. The number of hydrogen-bond acceptors (Lipinski definition) is 3. The number of rotatable bonds is 4. The van der Waals surface area contributed by atoms with Crippen LogP contribution in [0.15, 0.2) is 0 Å². The minimum atomic E-state index is -1.17. The monoisotopic (exact) mass is 161 g/mol. The van der Waals surface area contributed by atoms with E-state index in [0.717, 1.165) is 0 Å². The summed E-state index contributed by atoms with van der Waals surface area (Å²) < 4.78 is 0. The molecule has 4 N–H and O–H groups in total. The molecule has 0 aliphatic rings. The van der Waals surface area contributed by atoms with Gasteiger partial charge in [-0.3, -0.25) is 9.59 Å². The first-order valence-corrected chi connectivity index (χ1v) is 2.74. The Hall–Kier alpha value is -1.14. The molecular formula is C5H9N2O4. The molecule has 6 heteroatoms. The molecule has 0 fully saturated rings. The number of carbonyl (C=O) groups is 2. The Morgan fingerprint density at radius 1 is 1.36 bits per heavy atom. The summed E-state index contributed by atoms with van der Waals surface area (Å²) >= 11 is 0. The van der Waals surface area contributed by atoms with Crippen LogP contribution in [0.5, 0.6) is 0 Å². The molecule has 0 spiro atoms. The highest BCUT2D eigenvalue weighted by atomic mass is 16.4. The van der Waals surface area contributed by atoms with E-state index < -0.39 is 18.0 Å². The summed E-state index contributed by atoms with van der Waals surface area (Å²) in [5.41, 5.74) is 5.00. The lowest BCUT2D eigenvalue weighted by molar-refractivity contribution is -0.139. The van der Waals surface area contributed by atoms with Gasteiger partial charge in [0, 0.05) is 12.6 Å². The Labute approximate surface area is 63.6 Å². The molecule has 0 amide bonds. The van der Waals surface area contributed by atoms with Crippen LogP contribution in [0.4, 0.5) is 0 Å². The average Bonchev–Trinajstić information content (AvgIpc) is 1.82. The van der Waals surface area contributed by atoms with Gasteiger partial charge in [-0.2, -0.15) is 0 Å². The molecule has 6 nitrogen and oxygen atoms in total. The first-order chi connectivity index (χ1) is 4.54. The van der Waals surface area contributed by atoms with E-state index in [4.69, 9.17) is 15.9 Å². The smallest absolute Gasteiger partial charge is 0.320 e. The highest BCUT2D eigenvalue weighted by Gasteiger charge is 2.12. The maximum absolute atomic E-state index is 9.99. The number of nitrogens with zero attached hydrogens (tertiary/aromatic N) is 1. The molecule has 0 aromatic rings. The third-order valence-corrected chi connectivity index (χ3v) is 0.986. The van der Waals surface area contributed by atoms with Crippen LogP contribution >= 0.6 is 0 Å². The third-order valence-electron chi connectivity index (χ3n) is 0.986. The molecule has 1 atom stereocenters. The van der Waals surface area contributed by atoms with Crippen molar-refractivity contribution >= 4 is 11.9 Å². The molecule has 0 rings (SSSR count). The van der Waals surface area contributed by atoms with E-state index in [0.29, 0.717) is 0 Å². The lowest BCUT2D eigenvalue weighted by atomic mass is 10.2. The fourth-order valence-corrected chi connectivity index (χ4v) is 0.402. The number of carboxylic acids is 2. The van der Waals surface area contributed by atoms with Gasteiger partial charge in [-0.05, 0) is 6.42 Å². The van der Waals surface area contributed by atoms with Gasteiger partial charge in [0.2, 0.25) is 0 Å². The molecule has 0 bridgehead atoms. The predicted octanol–water partition coefficient (Wildman–Crippen LogP) is -1.22. The van der Waals surface area contributed by atoms with Gasteiger partial charge in [-0.1, -0.05) is 0 Å². The molecule has 3 radical (unpaired) electrons. The van der Waals surface area contributed by atoms with Crippen LogP contribution in [0.1, 0.15) is 12.8 Å². The fourth-order valence-electron chi connectivity index (χ4n) is 0.402. The van der Waals surface area contributed by atoms with E-state index in [1.165, 1.54) is 0 Å². The maximum atomic E-state index is 9.99. The summed E-state index contributed by atoms with van der Waals surface area (Å²) in [5.74, 6) is -2.20. The second kappa shape index (κ2) is 5.63. The van der Waals surface area contributed by atoms with Gasteiger partial charge in [0.25, 0.3) is 0 Å². The zero-order chi connectivity index (χ0) is 8.15. The van der Waals surface area contributed by atoms with E-state index in [-0.39, 0.29) is 19.0 Å². The second-order valence-electron chi connectivity index (χ2n) is 1.88. The summed E-state index contributed by atoms with van der Waals surface area (Å²) in [6, 6.07) is -1.06. The zero-order valence-electron chi connectivity index (χ0n) is 5.73. The van der Waals surface area contributed by atoms with E-state index in [1.54, 1.807) is 0 Å². The first-order valence-electron chi connectivity index (χ1n) is 2.74. The van der Waals surface area contributed by atoms with Crippen LogP contribution in [0.3, 0.4) is 0 Å². The van der Waals surface area contributed by atoms with Gasteiger partial charge in [0.05, 0.1) is 0 Å². The lowest BCUT2D eigenvalue weighted by Crippen LogP contribution is -2.30. The summed E-state index contributed by atoms with van der Waals surface area (Å²) in [4.78, 5) is 19.9. The summed E-state index contributed by atoms with van der Waals surface area (Å²) in [6.45, 7) is 0. The summed E-state index contributed by atoms with van der Waals surface area (Å²) in [7, 11) is 0. The van der Waals surface area contributed by atoms with Crippen LogP contribution in [0.25, 0.3) is 0 Å². The van der Waals surface area contributed by atoms with Gasteiger partial charge in [-0.25, -0.2) is 0 Å². The number of nitrogens with two attached hydrogens (primary N) is 1. The second-order valence-corrected chi connectivity index (χ2v) is 1.88. The molecule has 0 aliphatic heterocycles. The molecule has 63 valence electrons. The Balaban J connectivity index is 0. The van der Waals surface area contributed by atoms with Crippen molar-refractivity contribution in [2.45, 2.75) is 18.9 Å². The molecule has 11 heavy (non-hydrogen) atoms. The van der Waals surface area contributed by atoms with E-state index in [1.807, 2.05) is 0 Å². The van der Waals surface area contributed by atoms with Gasteiger partial charge in [0.1, 0.15) is 6.04 Å². The van der Waals surface area contributed by atoms with Crippen LogP contribution in [0, 0.1) is 0 Å². The standard InChI is InChI=1S/C5H9NO4.N/c6-3(5(9)10)1-2-4(7)8;/h3H,1-2,6H2,(H,7,8)(H,9,10);/t3-;/m0./s1. The van der Waals surface area contributed by atoms with Gasteiger partial charge < -0.3 is 15.9 Å². The largest absolute Gasteiger partial charge is 0.481 e. The predicted molar refractivity (Wildman–Crippen MR) is 34.6 cm³/mol. The van der Waals surface area contributed by atoms with Crippen LogP contribution in [0.2, 0.25) is 0 Å². The topological polar surface area (TPSA) is 131 Å². The van der Waals surface area contributed by atoms with Crippen molar-refractivity contribution in [3.63, 3.8) is 0 Å². The first kappa shape index (κ1) is 12.5. The molecule has 0 aromatic heterocycles. The lowest BCUT2D eigenvalue weighted by Gasteiger charge is -2.01. The normalized spacial score (nSPS) is 11.4. The molecule has 0 heterocycles. The molecule has 0 saturated carbocycles. The molecule has 0 saturated heterocycles. The van der Waals surface area contributed by atoms with Crippen molar-refractivity contribution < 1.29 is 19.8 Å². The highest BCUT2D eigenvalue weighted by Crippen LogP contribution is 1.93. The Morgan fingerprint density at radius 2 is 1.82 bits per heavy atom. The third kappa shape index (κ3) is 6.75. The van der Waals surface area contributed by atoms with Gasteiger partial charge >= 0.3 is 11.9 Å². The fraction of sp³-hybridized carbons (Fsp3) is 0.600. The van der Waals surface area contributed by atoms with Gasteiger partial charge in [0.15, 0.2) is 0 Å². The minimum Gasteiger partial charge on any atom is -0.481 e. The summed E-state index contributed by atoms with van der Waals surface area (Å²) in [6.07, 6.45) is -0.224. The van der Waals surface area contributed by atoms with E-state index >= 15 is 0 Å². The minimum absolute atomic E-state index is 0. The molecule has 0 aromatic carbocycles. The zero-order valence-corrected chi connectivity index (χ0v) is 5.73. The van der Waals surface area contributed by atoms with Crippen molar-refractivity contribution in [3.05, 3.63) is 0 Å². The average molecular weight is 161 g/mol. The quantitative estimate of drug-likeness (QED) is 0.475. The highest BCUT2D eigenvalue weighted by molar-refractivity contribution is 5.74. The van der Waals surface area contributed by atoms with E-state index in [2.05, 4.69) is 0 Å². The van der Waals surface area contributed by atoms with Crippen molar-refractivity contribution in [3.8, 4) is 0 Å². The van der Waals surface area contributed by atoms with Crippen LogP contribution in [-0.2, 0) is 9.59 Å². The number of carboxylic acid groups (broad SMARTS) is 2. The van der Waals surface area contributed by atoms with E-state index in [9.17, 15) is 9.59 Å². The Morgan fingerprint density at radius 3 is 2.09 bits per heavy atom. The summed E-state index contributed by atoms with van der Waals surface area (Å²) in [5, 5.41) is 16.3. The Kier molecular flexibility index (Phi) is 6.41. The number of hydrogen-bond donors (Lipinski definition) is 3. The SMILES string of the molecule is N[C@@H](CCC(=O)O)C(=O)O.[N]. The van der Waals surface area contributed by atoms with Crippen molar-refractivity contribution in [1.82, 2.24) is 6.15 Å². The van der Waals surface area contributed by atoms with Crippen molar-refractivity contribution in [1.29, 1.82) is 0 Å². The van der Waals surface area contributed by atoms with Crippen molar-refractivity contribution in [2.75, 3.05) is 0 Å². The molecule has 0 aliphatic carbocycles. The van der Waals surface area contributed by atoms with Crippen LogP contribution < -0.4 is 11.9 Å².